The third-order valence-electron chi connectivity index (χ3n) is 4.48. The number of nitrogens with zero attached hydrogens (tertiary/aromatic N) is 2. The van der Waals surface area contributed by atoms with Gasteiger partial charge in [0.05, 0.1) is 6.61 Å². The van der Waals surface area contributed by atoms with E-state index in [0.29, 0.717) is 38.4 Å². The van der Waals surface area contributed by atoms with E-state index in [-0.39, 0.29) is 6.61 Å². The first kappa shape index (κ1) is 18.9. The number of carbonyl (C=O) groups is 2. The van der Waals surface area contributed by atoms with Gasteiger partial charge in [0.15, 0.2) is 0 Å². The van der Waals surface area contributed by atoms with Gasteiger partial charge in [-0.3, -0.25) is 14.5 Å². The van der Waals surface area contributed by atoms with Crippen LogP contribution in [0.5, 0.6) is 0 Å². The number of nitrogens with one attached hydrogen (secondary N) is 2. The van der Waals surface area contributed by atoms with Gasteiger partial charge in [-0.2, -0.15) is 0 Å². The van der Waals surface area contributed by atoms with E-state index in [0.717, 1.165) is 11.4 Å². The molecule has 0 bridgehead atoms. The van der Waals surface area contributed by atoms with Crippen LogP contribution >= 0.6 is 0 Å². The molecule has 142 valence electrons. The van der Waals surface area contributed by atoms with Crippen molar-refractivity contribution in [3.63, 3.8) is 0 Å². The van der Waals surface area contributed by atoms with Crippen molar-refractivity contribution in [2.45, 2.75) is 0 Å². The number of amides is 2. The van der Waals surface area contributed by atoms with Crippen molar-refractivity contribution in [1.82, 2.24) is 9.80 Å². The zero-order valence-corrected chi connectivity index (χ0v) is 15.1. The molecule has 3 rings (SSSR count). The number of hydrogen-bond acceptors (Lipinski definition) is 5. The number of carbonyl (C=O) groups excluding carboxylic acids is 2. The summed E-state index contributed by atoms with van der Waals surface area (Å²) >= 11 is 0. The fourth-order valence-electron chi connectivity index (χ4n) is 2.97. The van der Waals surface area contributed by atoms with Gasteiger partial charge in [0.25, 0.3) is 0 Å². The Morgan fingerprint density at radius 1 is 0.852 bits per heavy atom. The number of rotatable bonds is 5. The van der Waals surface area contributed by atoms with Crippen LogP contribution in [0, 0.1) is 0 Å². The van der Waals surface area contributed by atoms with Gasteiger partial charge in [-0.05, 0) is 36.4 Å². The zero-order valence-electron chi connectivity index (χ0n) is 15.1. The summed E-state index contributed by atoms with van der Waals surface area (Å²) in [6.45, 7) is 3.01. The van der Waals surface area contributed by atoms with Crippen molar-refractivity contribution in [2.75, 3.05) is 50.0 Å². The first-order chi connectivity index (χ1) is 13.2. The summed E-state index contributed by atoms with van der Waals surface area (Å²) in [6, 6.07) is 17.0. The molecule has 1 saturated heterocycles. The molecular formula is C20H24N4O3. The molecule has 1 aliphatic heterocycles. The quantitative estimate of drug-likeness (QED) is 0.697. The van der Waals surface area contributed by atoms with Crippen LogP contribution in [0.1, 0.15) is 0 Å². The molecule has 7 heteroatoms. The second kappa shape index (κ2) is 9.16. The van der Waals surface area contributed by atoms with E-state index in [4.69, 9.17) is 5.11 Å². The van der Waals surface area contributed by atoms with E-state index in [9.17, 15) is 9.59 Å². The van der Waals surface area contributed by atoms with E-state index < -0.39 is 11.8 Å². The Morgan fingerprint density at radius 3 is 2.07 bits per heavy atom. The molecule has 7 nitrogen and oxygen atoms in total. The molecule has 1 fully saturated rings. The molecule has 27 heavy (non-hydrogen) atoms. The summed E-state index contributed by atoms with van der Waals surface area (Å²) < 4.78 is 0. The van der Waals surface area contributed by atoms with Crippen molar-refractivity contribution in [2.24, 2.45) is 0 Å². The number of benzene rings is 2. The molecule has 0 radical (unpaired) electrons. The van der Waals surface area contributed by atoms with E-state index in [2.05, 4.69) is 15.5 Å². The standard InChI is InChI=1S/C20H24N4O3/c25-15-14-23-10-12-24(13-11-23)20(27)19(26)22-18-8-6-17(7-9-18)21-16-4-2-1-3-5-16/h1-9,21,25H,10-15H2,(H,22,26). The van der Waals surface area contributed by atoms with Gasteiger partial charge >= 0.3 is 11.8 Å². The number of aliphatic hydroxyl groups excluding tert-OH is 1. The Hall–Kier alpha value is -2.90. The molecule has 0 saturated carbocycles. The molecule has 0 aromatic heterocycles. The van der Waals surface area contributed by atoms with Gasteiger partial charge in [-0.15, -0.1) is 0 Å². The number of β-amino-alcohol motifs (C(OH)–C–C–N with tert-alkyl or cyclic N) is 1. The molecule has 0 aliphatic carbocycles. The van der Waals surface area contributed by atoms with Gasteiger partial charge in [0.1, 0.15) is 0 Å². The molecule has 0 unspecified atom stereocenters. The summed E-state index contributed by atoms with van der Waals surface area (Å²) in [4.78, 5) is 28.2. The van der Waals surface area contributed by atoms with Gasteiger partial charge in [0.2, 0.25) is 0 Å². The first-order valence-electron chi connectivity index (χ1n) is 9.01. The first-order valence-corrected chi connectivity index (χ1v) is 9.01. The SMILES string of the molecule is O=C(Nc1ccc(Nc2ccccc2)cc1)C(=O)N1CCN(CCO)CC1. The van der Waals surface area contributed by atoms with Crippen LogP contribution in [0.4, 0.5) is 17.1 Å². The Morgan fingerprint density at radius 2 is 1.44 bits per heavy atom. The summed E-state index contributed by atoms with van der Waals surface area (Å²) in [5.74, 6) is -1.15. The summed E-state index contributed by atoms with van der Waals surface area (Å²) in [5.41, 5.74) is 2.45. The lowest BCUT2D eigenvalue weighted by Gasteiger charge is -2.33. The molecule has 1 heterocycles. The Balaban J connectivity index is 1.51. The summed E-state index contributed by atoms with van der Waals surface area (Å²) in [5, 5.41) is 14.9. The minimum absolute atomic E-state index is 0.101. The third-order valence-corrected chi connectivity index (χ3v) is 4.48. The lowest BCUT2D eigenvalue weighted by atomic mass is 10.2. The lowest BCUT2D eigenvalue weighted by Crippen LogP contribution is -2.52. The largest absolute Gasteiger partial charge is 0.395 e. The van der Waals surface area contributed by atoms with Gasteiger partial charge < -0.3 is 20.6 Å². The van der Waals surface area contributed by atoms with Crippen LogP contribution < -0.4 is 10.6 Å². The minimum atomic E-state index is -0.630. The second-order valence-corrected chi connectivity index (χ2v) is 6.38. The molecule has 2 aromatic rings. The van der Waals surface area contributed by atoms with Crippen molar-refractivity contribution < 1.29 is 14.7 Å². The number of hydrogen-bond donors (Lipinski definition) is 3. The van der Waals surface area contributed by atoms with Crippen LogP contribution in [0.25, 0.3) is 0 Å². The van der Waals surface area contributed by atoms with Crippen LogP contribution in [0.15, 0.2) is 54.6 Å². The average molecular weight is 368 g/mol. The topological polar surface area (TPSA) is 84.9 Å². The molecular weight excluding hydrogens is 344 g/mol. The van der Waals surface area contributed by atoms with Crippen molar-refractivity contribution in [1.29, 1.82) is 0 Å². The number of aliphatic hydroxyl groups is 1. The van der Waals surface area contributed by atoms with Crippen molar-refractivity contribution in [3.8, 4) is 0 Å². The number of anilines is 3. The van der Waals surface area contributed by atoms with E-state index in [1.807, 2.05) is 42.5 Å². The van der Waals surface area contributed by atoms with Crippen LogP contribution in [0.3, 0.4) is 0 Å². The predicted octanol–water partition coefficient (Wildman–Crippen LogP) is 1.51. The summed E-state index contributed by atoms with van der Waals surface area (Å²) in [7, 11) is 0. The third kappa shape index (κ3) is 5.29. The highest BCUT2D eigenvalue weighted by molar-refractivity contribution is 6.39. The molecule has 1 aliphatic rings. The molecule has 0 spiro atoms. The van der Waals surface area contributed by atoms with Gasteiger partial charge in [-0.25, -0.2) is 0 Å². The maximum atomic E-state index is 12.3. The van der Waals surface area contributed by atoms with Crippen LogP contribution in [0.2, 0.25) is 0 Å². The number of para-hydroxylation sites is 1. The minimum Gasteiger partial charge on any atom is -0.395 e. The van der Waals surface area contributed by atoms with E-state index >= 15 is 0 Å². The highest BCUT2D eigenvalue weighted by atomic mass is 16.3. The normalized spacial score (nSPS) is 14.6. The predicted molar refractivity (Wildman–Crippen MR) is 105 cm³/mol. The lowest BCUT2D eigenvalue weighted by molar-refractivity contribution is -0.144. The van der Waals surface area contributed by atoms with Crippen molar-refractivity contribution in [3.05, 3.63) is 54.6 Å². The Kier molecular flexibility index (Phi) is 6.40. The fourth-order valence-corrected chi connectivity index (χ4v) is 2.97. The average Bonchev–Trinajstić information content (AvgIpc) is 2.70. The summed E-state index contributed by atoms with van der Waals surface area (Å²) in [6.07, 6.45) is 0. The maximum Gasteiger partial charge on any atom is 0.313 e. The molecule has 2 amide bonds. The molecule has 3 N–H and O–H groups in total. The highest BCUT2D eigenvalue weighted by Gasteiger charge is 2.25. The zero-order chi connectivity index (χ0) is 19.1. The van der Waals surface area contributed by atoms with Gasteiger partial charge in [-0.1, -0.05) is 18.2 Å². The van der Waals surface area contributed by atoms with Crippen LogP contribution in [-0.4, -0.2) is 66.1 Å². The molecule has 0 atom stereocenters. The van der Waals surface area contributed by atoms with E-state index in [1.54, 1.807) is 17.0 Å². The fraction of sp³-hybridized carbons (Fsp3) is 0.300. The maximum absolute atomic E-state index is 12.3. The second-order valence-electron chi connectivity index (χ2n) is 6.38. The Bertz CT molecular complexity index is 757. The molecule has 2 aromatic carbocycles. The van der Waals surface area contributed by atoms with E-state index in [1.165, 1.54) is 0 Å². The smallest absolute Gasteiger partial charge is 0.313 e. The number of piperazine rings is 1. The highest BCUT2D eigenvalue weighted by Crippen LogP contribution is 2.18. The Labute approximate surface area is 158 Å². The van der Waals surface area contributed by atoms with Gasteiger partial charge in [0, 0.05) is 49.8 Å². The van der Waals surface area contributed by atoms with Crippen molar-refractivity contribution >= 4 is 28.9 Å². The van der Waals surface area contributed by atoms with Crippen LogP contribution in [-0.2, 0) is 9.59 Å². The monoisotopic (exact) mass is 368 g/mol.